The van der Waals surface area contributed by atoms with Gasteiger partial charge in [0.15, 0.2) is 22.9 Å². The van der Waals surface area contributed by atoms with Crippen molar-refractivity contribution in [2.45, 2.75) is 0 Å². The molecule has 11 nitrogen and oxygen atoms in total. The zero-order chi connectivity index (χ0) is 22.5. The molecule has 0 amide bonds. The van der Waals surface area contributed by atoms with Gasteiger partial charge in [0.25, 0.3) is 5.69 Å². The number of oxazole rings is 1. The number of nitro groups is 1. The van der Waals surface area contributed by atoms with E-state index >= 15 is 0 Å². The van der Waals surface area contributed by atoms with E-state index < -0.39 is 10.9 Å². The highest BCUT2D eigenvalue weighted by atomic mass is 16.6. The van der Waals surface area contributed by atoms with Crippen LogP contribution in [0.2, 0.25) is 0 Å². The monoisotopic (exact) mass is 429 g/mol. The van der Waals surface area contributed by atoms with Gasteiger partial charge in [-0.2, -0.15) is 0 Å². The van der Waals surface area contributed by atoms with E-state index in [-0.39, 0.29) is 23.0 Å². The third-order valence-electron chi connectivity index (χ3n) is 4.25. The minimum absolute atomic E-state index is 0.0455. The summed E-state index contributed by atoms with van der Waals surface area (Å²) in [4.78, 5) is 18.8. The van der Waals surface area contributed by atoms with Crippen LogP contribution < -0.4 is 18.9 Å². The molecule has 11 heteroatoms. The smallest absolute Gasteiger partial charge is 0.312 e. The molecule has 1 aromatic heterocycles. The number of hydrogen-bond donors (Lipinski definition) is 1. The fourth-order valence-corrected chi connectivity index (χ4v) is 2.75. The standard InChI is InChI=1S/C20H19N3O8/c1-27-15-9-12(23(25)26)5-6-13(15)21-10-14-20(24)31-19(22-14)11-7-16(28-2)18(30-4)17(8-11)29-3/h5-10,24H,1-4H3. The molecule has 0 radical (unpaired) electrons. The van der Waals surface area contributed by atoms with Gasteiger partial charge < -0.3 is 28.5 Å². The summed E-state index contributed by atoms with van der Waals surface area (Å²) < 4.78 is 26.4. The minimum Gasteiger partial charge on any atom is -0.494 e. The second-order valence-electron chi connectivity index (χ2n) is 5.99. The molecule has 1 heterocycles. The highest BCUT2D eigenvalue weighted by Gasteiger charge is 2.19. The Kier molecular flexibility index (Phi) is 6.24. The van der Waals surface area contributed by atoms with Gasteiger partial charge in [0.05, 0.1) is 45.6 Å². The Morgan fingerprint density at radius 3 is 2.23 bits per heavy atom. The predicted octanol–water partition coefficient (Wildman–Crippen LogP) is 3.74. The lowest BCUT2D eigenvalue weighted by molar-refractivity contribution is -0.384. The lowest BCUT2D eigenvalue weighted by atomic mass is 10.2. The molecule has 0 aliphatic carbocycles. The maximum Gasteiger partial charge on any atom is 0.312 e. The van der Waals surface area contributed by atoms with Gasteiger partial charge in [-0.05, 0) is 18.2 Å². The lowest BCUT2D eigenvalue weighted by Crippen LogP contribution is -1.95. The molecular formula is C20H19N3O8. The Balaban J connectivity index is 1.96. The molecule has 3 aromatic rings. The highest BCUT2D eigenvalue weighted by molar-refractivity contribution is 5.84. The van der Waals surface area contributed by atoms with Gasteiger partial charge in [-0.1, -0.05) is 0 Å². The van der Waals surface area contributed by atoms with E-state index in [1.165, 1.54) is 52.9 Å². The number of ether oxygens (including phenoxy) is 4. The molecule has 0 fully saturated rings. The van der Waals surface area contributed by atoms with Gasteiger partial charge >= 0.3 is 5.95 Å². The van der Waals surface area contributed by atoms with Crippen LogP contribution in [-0.4, -0.2) is 49.7 Å². The van der Waals surface area contributed by atoms with E-state index in [0.29, 0.717) is 28.5 Å². The van der Waals surface area contributed by atoms with Gasteiger partial charge in [0.2, 0.25) is 11.6 Å². The first-order chi connectivity index (χ1) is 14.9. The number of benzene rings is 2. The minimum atomic E-state index is -0.539. The van der Waals surface area contributed by atoms with Crippen LogP contribution in [0.15, 0.2) is 39.7 Å². The molecule has 1 N–H and O–H groups in total. The van der Waals surface area contributed by atoms with Crippen LogP contribution in [0.5, 0.6) is 28.9 Å². The molecule has 3 rings (SSSR count). The topological polar surface area (TPSA) is 139 Å². The van der Waals surface area contributed by atoms with E-state index in [9.17, 15) is 15.2 Å². The second kappa shape index (κ2) is 9.03. The number of non-ortho nitro benzene ring substituents is 1. The van der Waals surface area contributed by atoms with Crippen molar-refractivity contribution in [3.63, 3.8) is 0 Å². The van der Waals surface area contributed by atoms with Crippen LogP contribution in [0.1, 0.15) is 5.69 Å². The fraction of sp³-hybridized carbons (Fsp3) is 0.200. The Morgan fingerprint density at radius 1 is 1.03 bits per heavy atom. The van der Waals surface area contributed by atoms with Gasteiger partial charge in [-0.15, -0.1) is 0 Å². The van der Waals surface area contributed by atoms with Gasteiger partial charge in [-0.3, -0.25) is 15.1 Å². The molecule has 0 bridgehead atoms. The third-order valence-corrected chi connectivity index (χ3v) is 4.25. The summed E-state index contributed by atoms with van der Waals surface area (Å²) in [6, 6.07) is 7.19. The fourth-order valence-electron chi connectivity index (χ4n) is 2.75. The molecule has 0 saturated carbocycles. The van der Waals surface area contributed by atoms with Gasteiger partial charge in [0, 0.05) is 11.6 Å². The number of nitro benzene ring substituents is 1. The molecule has 0 aliphatic heterocycles. The first kappa shape index (κ1) is 21.4. The van der Waals surface area contributed by atoms with Crippen molar-refractivity contribution >= 4 is 17.6 Å². The van der Waals surface area contributed by atoms with Crippen LogP contribution in [0, 0.1) is 10.1 Å². The molecule has 162 valence electrons. The van der Waals surface area contributed by atoms with Crippen LogP contribution in [-0.2, 0) is 0 Å². The normalized spacial score (nSPS) is 10.8. The molecule has 0 atom stereocenters. The predicted molar refractivity (Wildman–Crippen MR) is 110 cm³/mol. The van der Waals surface area contributed by atoms with Crippen molar-refractivity contribution in [1.29, 1.82) is 0 Å². The quantitative estimate of drug-likeness (QED) is 0.322. The number of methoxy groups -OCH3 is 4. The lowest BCUT2D eigenvalue weighted by Gasteiger charge is -2.12. The van der Waals surface area contributed by atoms with E-state index in [1.807, 2.05) is 0 Å². The maximum absolute atomic E-state index is 10.9. The van der Waals surface area contributed by atoms with Crippen LogP contribution >= 0.6 is 0 Å². The average Bonchev–Trinajstić information content (AvgIpc) is 3.16. The summed E-state index contributed by atoms with van der Waals surface area (Å²) in [5, 5.41) is 21.0. The van der Waals surface area contributed by atoms with Crippen LogP contribution in [0.4, 0.5) is 11.4 Å². The van der Waals surface area contributed by atoms with Crippen molar-refractivity contribution in [1.82, 2.24) is 4.98 Å². The first-order valence-electron chi connectivity index (χ1n) is 8.78. The number of aliphatic imine (C=N–C) groups is 1. The third kappa shape index (κ3) is 4.34. The molecule has 0 saturated heterocycles. The van der Waals surface area contributed by atoms with Gasteiger partial charge in [-0.25, -0.2) is 4.98 Å². The Bertz CT molecular complexity index is 1110. The number of hydrogen-bond acceptors (Lipinski definition) is 10. The molecule has 0 aliphatic rings. The Hall–Kier alpha value is -4.28. The van der Waals surface area contributed by atoms with Crippen molar-refractivity contribution < 1.29 is 33.4 Å². The number of nitrogens with zero attached hydrogens (tertiary/aromatic N) is 3. The van der Waals surface area contributed by atoms with Crippen LogP contribution in [0.3, 0.4) is 0 Å². The zero-order valence-corrected chi connectivity index (χ0v) is 17.1. The van der Waals surface area contributed by atoms with E-state index in [4.69, 9.17) is 23.4 Å². The summed E-state index contributed by atoms with van der Waals surface area (Å²) in [6.45, 7) is 0. The molecule has 0 unspecified atom stereocenters. The van der Waals surface area contributed by atoms with E-state index in [2.05, 4.69) is 9.98 Å². The molecule has 2 aromatic carbocycles. The van der Waals surface area contributed by atoms with E-state index in [1.54, 1.807) is 12.1 Å². The number of rotatable bonds is 8. The molecule has 0 spiro atoms. The SMILES string of the molecule is COc1cc([N+](=O)[O-])ccc1N=Cc1nc(-c2cc(OC)c(OC)c(OC)c2)oc1O. The van der Waals surface area contributed by atoms with Crippen molar-refractivity contribution in [3.8, 4) is 40.4 Å². The number of aromatic nitrogens is 1. The van der Waals surface area contributed by atoms with Crippen molar-refractivity contribution in [2.24, 2.45) is 4.99 Å². The first-order valence-corrected chi connectivity index (χ1v) is 8.78. The maximum atomic E-state index is 10.9. The summed E-state index contributed by atoms with van der Waals surface area (Å²) in [6.07, 6.45) is 1.25. The zero-order valence-electron chi connectivity index (χ0n) is 17.1. The molecular weight excluding hydrogens is 410 g/mol. The van der Waals surface area contributed by atoms with E-state index in [0.717, 1.165) is 0 Å². The van der Waals surface area contributed by atoms with Crippen molar-refractivity contribution in [3.05, 3.63) is 46.1 Å². The summed E-state index contributed by atoms with van der Waals surface area (Å²) in [5.41, 5.74) is 0.691. The van der Waals surface area contributed by atoms with Crippen LogP contribution in [0.25, 0.3) is 11.5 Å². The average molecular weight is 429 g/mol. The Labute approximate surface area is 176 Å². The summed E-state index contributed by atoms with van der Waals surface area (Å²) in [5.74, 6) is 0.998. The summed E-state index contributed by atoms with van der Waals surface area (Å²) in [7, 11) is 5.81. The summed E-state index contributed by atoms with van der Waals surface area (Å²) >= 11 is 0. The Morgan fingerprint density at radius 2 is 1.68 bits per heavy atom. The second-order valence-corrected chi connectivity index (χ2v) is 5.99. The van der Waals surface area contributed by atoms with Crippen molar-refractivity contribution in [2.75, 3.05) is 28.4 Å². The molecule has 31 heavy (non-hydrogen) atoms. The highest BCUT2D eigenvalue weighted by Crippen LogP contribution is 2.41. The number of aromatic hydroxyl groups is 1. The van der Waals surface area contributed by atoms with Gasteiger partial charge in [0.1, 0.15) is 5.69 Å². The largest absolute Gasteiger partial charge is 0.494 e.